The minimum atomic E-state index is -1.97. The smallest absolute Gasteiger partial charge is 0.220 e. The van der Waals surface area contributed by atoms with Gasteiger partial charge in [-0.1, -0.05) is 403 Å². The zero-order valence-electron chi connectivity index (χ0n) is 72.1. The summed E-state index contributed by atoms with van der Waals surface area (Å²) < 4.78 is 34.6. The van der Waals surface area contributed by atoms with Gasteiger partial charge in [-0.3, -0.25) is 4.79 Å². The summed E-state index contributed by atoms with van der Waals surface area (Å²) in [4.78, 5) is 13.6. The number of hydrogen-bond acceptors (Lipinski definition) is 18. The lowest BCUT2D eigenvalue weighted by Gasteiger charge is -2.48. The molecule has 0 aromatic rings. The quantitative estimate of drug-likeness (QED) is 0.0199. The Morgan fingerprint density at radius 3 is 0.912 bits per heavy atom. The molecule has 0 spiro atoms. The molecule has 0 bridgehead atoms. The predicted molar refractivity (Wildman–Crippen MR) is 457 cm³/mol. The van der Waals surface area contributed by atoms with E-state index in [0.29, 0.717) is 12.8 Å². The molecule has 0 saturated carbocycles. The number of aliphatic hydroxyl groups excluding tert-OH is 11. The molecule has 3 aliphatic rings. The number of amides is 1. The average Bonchev–Trinajstić information content (AvgIpc) is 0.780. The average molecular weight is 1610 g/mol. The summed E-state index contributed by atoms with van der Waals surface area (Å²) in [6.07, 6.45) is 68.4. The third kappa shape index (κ3) is 52.1. The molecule has 113 heavy (non-hydrogen) atoms. The van der Waals surface area contributed by atoms with Crippen molar-refractivity contribution >= 4 is 5.91 Å². The van der Waals surface area contributed by atoms with Crippen LogP contribution in [0.2, 0.25) is 0 Å². The van der Waals surface area contributed by atoms with E-state index < -0.39 is 124 Å². The lowest BCUT2D eigenvalue weighted by Crippen LogP contribution is -2.66. The third-order valence-electron chi connectivity index (χ3n) is 24.0. The number of rotatable bonds is 79. The second-order valence-electron chi connectivity index (χ2n) is 34.2. The maximum atomic E-state index is 13.6. The Bertz CT molecular complexity index is 2170. The third-order valence-corrected chi connectivity index (χ3v) is 24.0. The molecule has 12 N–H and O–H groups in total. The van der Waals surface area contributed by atoms with Crippen LogP contribution in [0.4, 0.5) is 0 Å². The molecule has 1 amide bonds. The normalized spacial score (nSPS) is 24.9. The Labute approximate surface area is 689 Å². The zero-order chi connectivity index (χ0) is 81.7. The number of carbonyl (C=O) groups is 1. The number of aliphatic hydroxyl groups is 11. The van der Waals surface area contributed by atoms with Gasteiger partial charge in [0.2, 0.25) is 5.91 Å². The van der Waals surface area contributed by atoms with Gasteiger partial charge in [-0.15, -0.1) is 0 Å². The molecular weight excluding hydrogens is 1430 g/mol. The molecular formula is C94H177NO18. The molecule has 19 heteroatoms. The molecule has 3 rings (SSSR count). The second-order valence-corrected chi connectivity index (χ2v) is 34.2. The van der Waals surface area contributed by atoms with Gasteiger partial charge in [-0.25, -0.2) is 0 Å². The van der Waals surface area contributed by atoms with Crippen molar-refractivity contribution in [3.63, 3.8) is 0 Å². The topological polar surface area (TPSA) is 307 Å². The van der Waals surface area contributed by atoms with Crippen molar-refractivity contribution in [3.05, 3.63) is 36.5 Å². The molecule has 666 valence electrons. The van der Waals surface area contributed by atoms with E-state index in [1.165, 1.54) is 334 Å². The lowest BCUT2D eigenvalue weighted by atomic mass is 9.96. The largest absolute Gasteiger partial charge is 0.394 e. The van der Waals surface area contributed by atoms with Crippen LogP contribution in [0.25, 0.3) is 0 Å². The summed E-state index contributed by atoms with van der Waals surface area (Å²) in [5.41, 5.74) is 0. The van der Waals surface area contributed by atoms with Crippen molar-refractivity contribution in [3.8, 4) is 0 Å². The predicted octanol–water partition coefficient (Wildman–Crippen LogP) is 19.0. The van der Waals surface area contributed by atoms with Crippen molar-refractivity contribution in [1.82, 2.24) is 5.32 Å². The van der Waals surface area contributed by atoms with Gasteiger partial charge in [0.1, 0.15) is 73.2 Å². The first-order valence-corrected chi connectivity index (χ1v) is 47.7. The molecule has 3 fully saturated rings. The molecule has 0 aromatic carbocycles. The van der Waals surface area contributed by atoms with E-state index >= 15 is 0 Å². The summed E-state index contributed by atoms with van der Waals surface area (Å²) in [5.74, 6) is -0.234. The first kappa shape index (κ1) is 105. The van der Waals surface area contributed by atoms with Crippen LogP contribution in [-0.4, -0.2) is 193 Å². The first-order valence-electron chi connectivity index (χ1n) is 47.7. The van der Waals surface area contributed by atoms with Crippen LogP contribution in [0.3, 0.4) is 0 Å². The fourth-order valence-electron chi connectivity index (χ4n) is 16.4. The Morgan fingerprint density at radius 2 is 0.584 bits per heavy atom. The van der Waals surface area contributed by atoms with Crippen molar-refractivity contribution in [2.45, 2.75) is 529 Å². The Morgan fingerprint density at radius 1 is 0.319 bits per heavy atom. The van der Waals surface area contributed by atoms with Gasteiger partial charge in [-0.05, 0) is 51.4 Å². The van der Waals surface area contributed by atoms with Crippen molar-refractivity contribution in [1.29, 1.82) is 0 Å². The van der Waals surface area contributed by atoms with E-state index in [1.807, 2.05) is 0 Å². The molecule has 0 aliphatic carbocycles. The minimum Gasteiger partial charge on any atom is -0.394 e. The van der Waals surface area contributed by atoms with Crippen LogP contribution in [-0.2, 0) is 33.2 Å². The zero-order valence-corrected chi connectivity index (χ0v) is 72.1. The standard InChI is InChI=1S/C94H177NO18/c1-3-5-7-9-11-13-15-17-19-21-23-25-27-29-31-33-35-37-38-40-42-44-46-48-50-52-54-56-58-60-62-64-66-68-70-72-82(100)95-77(78(99)71-69-67-65-63-61-59-57-55-53-51-49-47-45-43-41-39-36-34-32-30-28-26-24-22-20-18-16-14-12-10-8-6-4-2)76-108-92-88(106)85(103)90(80(74-97)110-92)113-94-89(107)86(104)91(81(75-98)111-94)112-93-87(105)84(102)83(101)79(73-96)109-93/h15,17,21,23,27,29,77-81,83-94,96-99,101-107H,3-14,16,18-20,22,24-26,28,30-76H2,1-2H3,(H,95,100)/b17-15-,23-21-,29-27-. The van der Waals surface area contributed by atoms with E-state index in [0.717, 1.165) is 57.8 Å². The van der Waals surface area contributed by atoms with Crippen LogP contribution in [0, 0.1) is 0 Å². The van der Waals surface area contributed by atoms with Gasteiger partial charge in [-0.2, -0.15) is 0 Å². The van der Waals surface area contributed by atoms with Crippen LogP contribution in [0.1, 0.15) is 425 Å². The fourth-order valence-corrected chi connectivity index (χ4v) is 16.4. The van der Waals surface area contributed by atoms with Gasteiger partial charge in [0.05, 0.1) is 38.6 Å². The molecule has 17 unspecified atom stereocenters. The molecule has 17 atom stereocenters. The number of unbranched alkanes of at least 4 members (excludes halogenated alkanes) is 57. The van der Waals surface area contributed by atoms with Gasteiger partial charge >= 0.3 is 0 Å². The maximum Gasteiger partial charge on any atom is 0.220 e. The number of ether oxygens (including phenoxy) is 6. The molecule has 3 aliphatic heterocycles. The molecule has 0 aromatic heterocycles. The summed E-state index contributed by atoms with van der Waals surface area (Å²) in [5, 5.41) is 121. The number of nitrogens with one attached hydrogen (secondary N) is 1. The fraction of sp³-hybridized carbons (Fsp3) is 0.926. The summed E-state index contributed by atoms with van der Waals surface area (Å²) in [6, 6.07) is -0.889. The highest BCUT2D eigenvalue weighted by Crippen LogP contribution is 2.34. The number of allylic oxidation sites excluding steroid dienone is 6. The van der Waals surface area contributed by atoms with Crippen LogP contribution in [0.15, 0.2) is 36.5 Å². The van der Waals surface area contributed by atoms with Crippen molar-refractivity contribution in [2.24, 2.45) is 0 Å². The molecule has 19 nitrogen and oxygen atoms in total. The van der Waals surface area contributed by atoms with E-state index in [2.05, 4.69) is 55.6 Å². The highest BCUT2D eigenvalue weighted by Gasteiger charge is 2.54. The minimum absolute atomic E-state index is 0.234. The van der Waals surface area contributed by atoms with Gasteiger partial charge in [0.15, 0.2) is 18.9 Å². The summed E-state index contributed by atoms with van der Waals surface area (Å²) in [6.45, 7) is 1.87. The van der Waals surface area contributed by atoms with Crippen LogP contribution < -0.4 is 5.32 Å². The van der Waals surface area contributed by atoms with Crippen molar-refractivity contribution < 1.29 is 89.4 Å². The van der Waals surface area contributed by atoms with Gasteiger partial charge in [0, 0.05) is 6.42 Å². The van der Waals surface area contributed by atoms with E-state index in [4.69, 9.17) is 28.4 Å². The van der Waals surface area contributed by atoms with Crippen molar-refractivity contribution in [2.75, 3.05) is 26.4 Å². The number of hydrogen-bond donors (Lipinski definition) is 12. The van der Waals surface area contributed by atoms with Crippen LogP contribution in [0.5, 0.6) is 0 Å². The maximum absolute atomic E-state index is 13.6. The van der Waals surface area contributed by atoms with E-state index in [9.17, 15) is 61.0 Å². The van der Waals surface area contributed by atoms with E-state index in [-0.39, 0.29) is 18.9 Å². The SMILES string of the molecule is CCCCCCC/C=C\C/C=C\C/C=C\CCCCCCCCCCCCCCCCCCCCCCC(=O)NC(COC1OC(CO)C(OC2OC(CO)C(OC3OC(CO)C(O)C(O)C3O)C(O)C2O)C(O)C1O)C(O)CCCCCCCCCCCCCCCCCCCCCCCCCCCCCCCCCCC. The van der Waals surface area contributed by atoms with Gasteiger partial charge < -0.3 is 89.9 Å². The second kappa shape index (κ2) is 73.9. The molecule has 0 radical (unpaired) electrons. The van der Waals surface area contributed by atoms with E-state index in [1.54, 1.807) is 0 Å². The highest BCUT2D eigenvalue weighted by atomic mass is 16.8. The summed E-state index contributed by atoms with van der Waals surface area (Å²) in [7, 11) is 0. The van der Waals surface area contributed by atoms with Gasteiger partial charge in [0.25, 0.3) is 0 Å². The Kier molecular flexibility index (Phi) is 68.8. The summed E-state index contributed by atoms with van der Waals surface area (Å²) >= 11 is 0. The molecule has 3 saturated heterocycles. The lowest BCUT2D eigenvalue weighted by molar-refractivity contribution is -0.379. The Hall–Kier alpha value is -1.99. The first-order chi connectivity index (χ1) is 55.3. The molecule has 3 heterocycles. The monoisotopic (exact) mass is 1610 g/mol. The highest BCUT2D eigenvalue weighted by molar-refractivity contribution is 5.76. The Balaban J connectivity index is 1.30. The van der Waals surface area contributed by atoms with Crippen LogP contribution >= 0.6 is 0 Å². The number of carbonyl (C=O) groups excluding carboxylic acids is 1.